The van der Waals surface area contributed by atoms with E-state index in [0.29, 0.717) is 11.4 Å². The number of hydrogen-bond acceptors (Lipinski definition) is 4. The van der Waals surface area contributed by atoms with E-state index in [-0.39, 0.29) is 17.7 Å². The SMILES string of the molecule is Cc1cc(NC(=O)C2CC2)sc1C(=O)NCc1ccccc1CN(C)C. The summed E-state index contributed by atoms with van der Waals surface area (Å²) < 4.78 is 0. The lowest BCUT2D eigenvalue weighted by molar-refractivity contribution is -0.117. The van der Waals surface area contributed by atoms with Crippen LogP contribution in [0.3, 0.4) is 0 Å². The highest BCUT2D eigenvalue weighted by atomic mass is 32.1. The number of hydrogen-bond donors (Lipinski definition) is 2. The molecule has 0 saturated heterocycles. The first-order valence-corrected chi connectivity index (χ1v) is 9.66. The summed E-state index contributed by atoms with van der Waals surface area (Å²) >= 11 is 1.34. The molecule has 1 fully saturated rings. The van der Waals surface area contributed by atoms with Gasteiger partial charge in [0, 0.05) is 19.0 Å². The lowest BCUT2D eigenvalue weighted by atomic mass is 10.1. The van der Waals surface area contributed by atoms with E-state index >= 15 is 0 Å². The quantitative estimate of drug-likeness (QED) is 0.784. The molecule has 1 aliphatic rings. The van der Waals surface area contributed by atoms with E-state index in [1.165, 1.54) is 16.9 Å². The summed E-state index contributed by atoms with van der Waals surface area (Å²) in [5, 5.41) is 6.68. The minimum atomic E-state index is -0.0981. The van der Waals surface area contributed by atoms with Crippen molar-refractivity contribution in [2.24, 2.45) is 5.92 Å². The van der Waals surface area contributed by atoms with Crippen molar-refractivity contribution >= 4 is 28.2 Å². The van der Waals surface area contributed by atoms with Gasteiger partial charge in [0.2, 0.25) is 5.91 Å². The number of rotatable bonds is 7. The van der Waals surface area contributed by atoms with E-state index in [2.05, 4.69) is 21.6 Å². The first-order valence-electron chi connectivity index (χ1n) is 8.85. The van der Waals surface area contributed by atoms with Gasteiger partial charge in [0.05, 0.1) is 9.88 Å². The van der Waals surface area contributed by atoms with Gasteiger partial charge in [-0.25, -0.2) is 0 Å². The predicted octanol–water partition coefficient (Wildman–Crippen LogP) is 3.40. The van der Waals surface area contributed by atoms with Crippen LogP contribution in [0.4, 0.5) is 5.00 Å². The van der Waals surface area contributed by atoms with Crippen LogP contribution in [0.15, 0.2) is 30.3 Å². The maximum absolute atomic E-state index is 12.6. The molecule has 5 nitrogen and oxygen atoms in total. The van der Waals surface area contributed by atoms with Crippen molar-refractivity contribution in [2.75, 3.05) is 19.4 Å². The Morgan fingerprint density at radius 3 is 2.54 bits per heavy atom. The zero-order chi connectivity index (χ0) is 18.7. The van der Waals surface area contributed by atoms with Crippen molar-refractivity contribution in [3.05, 3.63) is 51.9 Å². The van der Waals surface area contributed by atoms with E-state index in [1.807, 2.05) is 45.3 Å². The van der Waals surface area contributed by atoms with Gasteiger partial charge < -0.3 is 15.5 Å². The Labute approximate surface area is 158 Å². The van der Waals surface area contributed by atoms with Crippen molar-refractivity contribution in [3.63, 3.8) is 0 Å². The van der Waals surface area contributed by atoms with Crippen LogP contribution in [0.25, 0.3) is 0 Å². The van der Waals surface area contributed by atoms with E-state index in [9.17, 15) is 9.59 Å². The van der Waals surface area contributed by atoms with Crippen LogP contribution < -0.4 is 10.6 Å². The average molecular weight is 372 g/mol. The van der Waals surface area contributed by atoms with E-state index in [4.69, 9.17) is 0 Å². The number of anilines is 1. The lowest BCUT2D eigenvalue weighted by Gasteiger charge is -2.14. The summed E-state index contributed by atoms with van der Waals surface area (Å²) in [5.74, 6) is 0.123. The van der Waals surface area contributed by atoms with Crippen molar-refractivity contribution in [2.45, 2.75) is 32.9 Å². The maximum Gasteiger partial charge on any atom is 0.261 e. The molecule has 0 aliphatic heterocycles. The second-order valence-corrected chi connectivity index (χ2v) is 8.13. The van der Waals surface area contributed by atoms with Gasteiger partial charge in [0.1, 0.15) is 0 Å². The first-order chi connectivity index (χ1) is 12.4. The van der Waals surface area contributed by atoms with Gasteiger partial charge in [-0.3, -0.25) is 9.59 Å². The number of aryl methyl sites for hydroxylation is 1. The van der Waals surface area contributed by atoms with E-state index in [1.54, 1.807) is 0 Å². The number of carbonyl (C=O) groups is 2. The maximum atomic E-state index is 12.6. The number of carbonyl (C=O) groups excluding carboxylic acids is 2. The summed E-state index contributed by atoms with van der Waals surface area (Å²) in [6.45, 7) is 3.23. The zero-order valence-electron chi connectivity index (χ0n) is 15.5. The highest BCUT2D eigenvalue weighted by Gasteiger charge is 2.30. The van der Waals surface area contributed by atoms with Crippen LogP contribution in [0.1, 0.15) is 39.2 Å². The monoisotopic (exact) mass is 371 g/mol. The summed E-state index contributed by atoms with van der Waals surface area (Å²) in [4.78, 5) is 27.3. The van der Waals surface area contributed by atoms with Gasteiger partial charge in [0.25, 0.3) is 5.91 Å². The summed E-state index contributed by atoms with van der Waals surface area (Å²) in [6, 6.07) is 10.0. The molecule has 138 valence electrons. The van der Waals surface area contributed by atoms with Gasteiger partial charge in [-0.15, -0.1) is 11.3 Å². The Kier molecular flexibility index (Phi) is 5.74. The van der Waals surface area contributed by atoms with Gasteiger partial charge in [-0.1, -0.05) is 24.3 Å². The standard InChI is InChI=1S/C20H25N3O2S/c1-13-10-17(22-19(24)14-8-9-14)26-18(13)20(25)21-11-15-6-4-5-7-16(15)12-23(2)3/h4-7,10,14H,8-9,11-12H2,1-3H3,(H,21,25)(H,22,24). The highest BCUT2D eigenvalue weighted by molar-refractivity contribution is 7.18. The van der Waals surface area contributed by atoms with Crippen LogP contribution >= 0.6 is 11.3 Å². The largest absolute Gasteiger partial charge is 0.347 e. The Balaban J connectivity index is 1.63. The Morgan fingerprint density at radius 1 is 1.19 bits per heavy atom. The molecule has 0 bridgehead atoms. The van der Waals surface area contributed by atoms with Gasteiger partial charge >= 0.3 is 0 Å². The smallest absolute Gasteiger partial charge is 0.261 e. The molecule has 1 heterocycles. The van der Waals surface area contributed by atoms with Crippen molar-refractivity contribution in [1.82, 2.24) is 10.2 Å². The third-order valence-electron chi connectivity index (χ3n) is 4.36. The molecule has 2 N–H and O–H groups in total. The topological polar surface area (TPSA) is 61.4 Å². The van der Waals surface area contributed by atoms with Crippen LogP contribution in [-0.4, -0.2) is 30.8 Å². The average Bonchev–Trinajstić information content (AvgIpc) is 3.37. The van der Waals surface area contributed by atoms with Crippen molar-refractivity contribution < 1.29 is 9.59 Å². The van der Waals surface area contributed by atoms with Gasteiger partial charge in [-0.05, 0) is 56.6 Å². The van der Waals surface area contributed by atoms with Crippen LogP contribution in [0.2, 0.25) is 0 Å². The lowest BCUT2D eigenvalue weighted by Crippen LogP contribution is -2.24. The Morgan fingerprint density at radius 2 is 1.88 bits per heavy atom. The number of amides is 2. The van der Waals surface area contributed by atoms with Gasteiger partial charge in [0.15, 0.2) is 0 Å². The molecule has 3 rings (SSSR count). The highest BCUT2D eigenvalue weighted by Crippen LogP contribution is 2.32. The number of nitrogens with one attached hydrogen (secondary N) is 2. The van der Waals surface area contributed by atoms with Crippen molar-refractivity contribution in [1.29, 1.82) is 0 Å². The molecular formula is C20H25N3O2S. The molecule has 1 aromatic carbocycles. The fourth-order valence-electron chi connectivity index (χ4n) is 2.82. The molecule has 2 amide bonds. The summed E-state index contributed by atoms with van der Waals surface area (Å²) in [7, 11) is 4.06. The molecule has 0 atom stereocenters. The third-order valence-corrected chi connectivity index (χ3v) is 5.51. The number of benzene rings is 1. The molecule has 6 heteroatoms. The fraction of sp³-hybridized carbons (Fsp3) is 0.400. The molecule has 1 saturated carbocycles. The third kappa shape index (κ3) is 4.71. The minimum Gasteiger partial charge on any atom is -0.347 e. The summed E-state index contributed by atoms with van der Waals surface area (Å²) in [6.07, 6.45) is 1.94. The van der Waals surface area contributed by atoms with Crippen LogP contribution in [-0.2, 0) is 17.9 Å². The van der Waals surface area contributed by atoms with Gasteiger partial charge in [-0.2, -0.15) is 0 Å². The minimum absolute atomic E-state index is 0.0656. The zero-order valence-corrected chi connectivity index (χ0v) is 16.3. The molecule has 1 aromatic heterocycles. The fourth-order valence-corrected chi connectivity index (χ4v) is 3.81. The molecule has 0 spiro atoms. The second kappa shape index (κ2) is 8.01. The molecule has 0 radical (unpaired) electrons. The predicted molar refractivity (Wildman–Crippen MR) is 105 cm³/mol. The van der Waals surface area contributed by atoms with E-state index in [0.717, 1.165) is 35.5 Å². The van der Waals surface area contributed by atoms with Crippen molar-refractivity contribution in [3.8, 4) is 0 Å². The normalized spacial score (nSPS) is 13.7. The Bertz CT molecular complexity index is 809. The second-order valence-electron chi connectivity index (χ2n) is 7.08. The molecule has 2 aromatic rings. The molecule has 1 aliphatic carbocycles. The van der Waals surface area contributed by atoms with E-state index < -0.39 is 0 Å². The molecular weight excluding hydrogens is 346 g/mol. The van der Waals surface area contributed by atoms with Crippen LogP contribution in [0.5, 0.6) is 0 Å². The Hall–Kier alpha value is -2.18. The molecule has 0 unspecified atom stereocenters. The summed E-state index contributed by atoms with van der Waals surface area (Å²) in [5.41, 5.74) is 3.21. The van der Waals surface area contributed by atoms with Crippen LogP contribution in [0, 0.1) is 12.8 Å². The molecule has 26 heavy (non-hydrogen) atoms. The number of thiophene rings is 1. The first kappa shape index (κ1) is 18.6. The number of nitrogens with zero attached hydrogens (tertiary/aromatic N) is 1.